The number of amides is 2. The molecule has 1 aliphatic rings. The summed E-state index contributed by atoms with van der Waals surface area (Å²) in [6, 6.07) is 0. The van der Waals surface area contributed by atoms with Crippen LogP contribution in [-0.2, 0) is 25.8 Å². The number of carbonyl (C=O) groups is 3. The Bertz CT molecular complexity index is 689. The minimum Gasteiger partial charge on any atom is -0.328 e. The van der Waals surface area contributed by atoms with Gasteiger partial charge in [0.1, 0.15) is 0 Å². The zero-order valence-corrected chi connectivity index (χ0v) is 12.4. The summed E-state index contributed by atoms with van der Waals surface area (Å²) in [6.07, 6.45) is 4.75. The highest BCUT2D eigenvalue weighted by molar-refractivity contribution is 6.01. The SMILES string of the molecule is C=C/C(=C\C=N\C)c1nnn(CC(=O)ON2C(=O)CCC2=O)n1. The lowest BCUT2D eigenvalue weighted by atomic mass is 10.2. The van der Waals surface area contributed by atoms with Gasteiger partial charge in [-0.25, -0.2) is 4.79 Å². The molecule has 0 spiro atoms. The number of allylic oxidation sites excluding steroid dienone is 3. The van der Waals surface area contributed by atoms with Crippen molar-refractivity contribution in [1.82, 2.24) is 25.3 Å². The molecular weight excluding hydrogens is 304 g/mol. The van der Waals surface area contributed by atoms with Crippen LogP contribution in [0.15, 0.2) is 23.7 Å². The highest BCUT2D eigenvalue weighted by Gasteiger charge is 2.33. The summed E-state index contributed by atoms with van der Waals surface area (Å²) in [4.78, 5) is 43.9. The van der Waals surface area contributed by atoms with Crippen LogP contribution in [0.1, 0.15) is 18.7 Å². The maximum atomic E-state index is 11.7. The van der Waals surface area contributed by atoms with Gasteiger partial charge in [-0.3, -0.25) is 14.6 Å². The second kappa shape index (κ2) is 7.20. The van der Waals surface area contributed by atoms with Crippen molar-refractivity contribution in [3.05, 3.63) is 24.6 Å². The normalized spacial score (nSPS) is 15.5. The Labute approximate surface area is 131 Å². The van der Waals surface area contributed by atoms with E-state index in [1.165, 1.54) is 12.3 Å². The summed E-state index contributed by atoms with van der Waals surface area (Å²) in [5.41, 5.74) is 0.570. The lowest BCUT2D eigenvalue weighted by molar-refractivity contribution is -0.198. The number of aromatic nitrogens is 4. The molecule has 0 unspecified atom stereocenters. The molecule has 0 N–H and O–H groups in total. The molecule has 0 saturated carbocycles. The number of hydrogen-bond acceptors (Lipinski definition) is 8. The van der Waals surface area contributed by atoms with Gasteiger partial charge in [-0.15, -0.1) is 15.3 Å². The molecule has 0 radical (unpaired) electrons. The molecule has 10 nitrogen and oxygen atoms in total. The van der Waals surface area contributed by atoms with E-state index in [1.54, 1.807) is 13.1 Å². The van der Waals surface area contributed by atoms with Gasteiger partial charge in [0.05, 0.1) is 0 Å². The number of hydrogen-bond donors (Lipinski definition) is 0. The van der Waals surface area contributed by atoms with Gasteiger partial charge in [0.15, 0.2) is 6.54 Å². The third-order valence-corrected chi connectivity index (χ3v) is 2.80. The van der Waals surface area contributed by atoms with Crippen LogP contribution in [0, 0.1) is 0 Å². The molecule has 2 amide bonds. The standard InChI is InChI=1S/C13H14N6O4/c1-3-9(6-7-14-2)13-15-17-18(16-13)8-12(22)23-19-10(20)4-5-11(19)21/h3,6-7H,1,4-5,8H2,2H3/b9-6+,14-7+. The zero-order valence-electron chi connectivity index (χ0n) is 12.4. The van der Waals surface area contributed by atoms with Crippen molar-refractivity contribution in [2.45, 2.75) is 19.4 Å². The summed E-state index contributed by atoms with van der Waals surface area (Å²) in [5.74, 6) is -1.70. The van der Waals surface area contributed by atoms with Crippen molar-refractivity contribution in [2.24, 2.45) is 4.99 Å². The molecule has 1 aromatic rings. The van der Waals surface area contributed by atoms with E-state index in [4.69, 9.17) is 4.84 Å². The van der Waals surface area contributed by atoms with E-state index in [0.717, 1.165) is 4.80 Å². The Balaban J connectivity index is 2.01. The quantitative estimate of drug-likeness (QED) is 0.396. The first-order chi connectivity index (χ1) is 11.0. The summed E-state index contributed by atoms with van der Waals surface area (Å²) in [5, 5.41) is 11.9. The summed E-state index contributed by atoms with van der Waals surface area (Å²) < 4.78 is 0. The Kier molecular flexibility index (Phi) is 5.07. The van der Waals surface area contributed by atoms with Crippen LogP contribution in [0.3, 0.4) is 0 Å². The van der Waals surface area contributed by atoms with Crippen molar-refractivity contribution in [3.63, 3.8) is 0 Å². The van der Waals surface area contributed by atoms with Crippen LogP contribution < -0.4 is 0 Å². The van der Waals surface area contributed by atoms with Crippen molar-refractivity contribution < 1.29 is 19.2 Å². The first-order valence-corrected chi connectivity index (χ1v) is 6.64. The molecule has 0 bridgehead atoms. The second-order valence-corrected chi connectivity index (χ2v) is 4.42. The Hall–Kier alpha value is -3.17. The van der Waals surface area contributed by atoms with Crippen LogP contribution in [0.2, 0.25) is 0 Å². The van der Waals surface area contributed by atoms with Gasteiger partial charge in [-0.05, 0) is 11.3 Å². The summed E-state index contributed by atoms with van der Waals surface area (Å²) in [6.45, 7) is 3.23. The third-order valence-electron chi connectivity index (χ3n) is 2.80. The van der Waals surface area contributed by atoms with Crippen molar-refractivity contribution in [1.29, 1.82) is 0 Å². The molecule has 1 fully saturated rings. The fourth-order valence-electron chi connectivity index (χ4n) is 1.72. The van der Waals surface area contributed by atoms with Gasteiger partial charge in [-0.1, -0.05) is 12.7 Å². The van der Waals surface area contributed by atoms with Crippen LogP contribution in [0.4, 0.5) is 0 Å². The molecule has 2 rings (SSSR count). The average Bonchev–Trinajstić information content (AvgIpc) is 3.10. The highest BCUT2D eigenvalue weighted by atomic mass is 16.7. The number of hydroxylamine groups is 2. The molecular formula is C13H14N6O4. The van der Waals surface area contributed by atoms with E-state index in [2.05, 4.69) is 27.0 Å². The number of tetrazole rings is 1. The number of rotatable bonds is 6. The van der Waals surface area contributed by atoms with Crippen LogP contribution in [0.5, 0.6) is 0 Å². The van der Waals surface area contributed by atoms with Gasteiger partial charge in [0.25, 0.3) is 11.8 Å². The zero-order chi connectivity index (χ0) is 16.8. The highest BCUT2D eigenvalue weighted by Crippen LogP contribution is 2.12. The minimum atomic E-state index is -0.850. The van der Waals surface area contributed by atoms with E-state index in [1.807, 2.05) is 0 Å². The van der Waals surface area contributed by atoms with Crippen LogP contribution in [0.25, 0.3) is 5.57 Å². The van der Waals surface area contributed by atoms with Gasteiger partial charge >= 0.3 is 5.97 Å². The second-order valence-electron chi connectivity index (χ2n) is 4.42. The predicted octanol–water partition coefficient (Wildman–Crippen LogP) is -0.450. The van der Waals surface area contributed by atoms with E-state index in [-0.39, 0.29) is 18.7 Å². The smallest absolute Gasteiger partial charge is 0.328 e. The fraction of sp³-hybridized carbons (Fsp3) is 0.308. The summed E-state index contributed by atoms with van der Waals surface area (Å²) >= 11 is 0. The Morgan fingerprint density at radius 1 is 1.39 bits per heavy atom. The minimum absolute atomic E-state index is 0.0321. The van der Waals surface area contributed by atoms with Crippen LogP contribution in [-0.4, -0.2) is 56.3 Å². The van der Waals surface area contributed by atoms with Crippen molar-refractivity contribution in [3.8, 4) is 0 Å². The molecule has 2 heterocycles. The number of aliphatic imine (C=N–C) groups is 1. The molecule has 1 aromatic heterocycles. The largest absolute Gasteiger partial charge is 0.356 e. The van der Waals surface area contributed by atoms with E-state index < -0.39 is 24.3 Å². The first-order valence-electron chi connectivity index (χ1n) is 6.64. The molecule has 0 aromatic carbocycles. The number of nitrogens with zero attached hydrogens (tertiary/aromatic N) is 6. The molecule has 23 heavy (non-hydrogen) atoms. The monoisotopic (exact) mass is 318 g/mol. The third kappa shape index (κ3) is 3.93. The number of carbonyl (C=O) groups excluding carboxylic acids is 3. The van der Waals surface area contributed by atoms with E-state index in [0.29, 0.717) is 10.6 Å². The molecule has 0 atom stereocenters. The maximum Gasteiger partial charge on any atom is 0.356 e. The van der Waals surface area contributed by atoms with Gasteiger partial charge in [-0.2, -0.15) is 4.80 Å². The van der Waals surface area contributed by atoms with Crippen molar-refractivity contribution in [2.75, 3.05) is 7.05 Å². The maximum absolute atomic E-state index is 11.7. The Morgan fingerprint density at radius 2 is 2.09 bits per heavy atom. The van der Waals surface area contributed by atoms with E-state index >= 15 is 0 Å². The van der Waals surface area contributed by atoms with Gasteiger partial charge in [0, 0.05) is 31.7 Å². The molecule has 1 aliphatic heterocycles. The van der Waals surface area contributed by atoms with Crippen LogP contribution >= 0.6 is 0 Å². The predicted molar refractivity (Wildman–Crippen MR) is 77.6 cm³/mol. The molecule has 0 aliphatic carbocycles. The Morgan fingerprint density at radius 3 is 2.70 bits per heavy atom. The topological polar surface area (TPSA) is 120 Å². The molecule has 10 heteroatoms. The van der Waals surface area contributed by atoms with E-state index in [9.17, 15) is 14.4 Å². The van der Waals surface area contributed by atoms with Gasteiger partial charge < -0.3 is 4.84 Å². The van der Waals surface area contributed by atoms with Crippen molar-refractivity contribution >= 4 is 29.6 Å². The lowest BCUT2D eigenvalue weighted by Gasteiger charge is -2.11. The fourth-order valence-corrected chi connectivity index (χ4v) is 1.72. The average molecular weight is 318 g/mol. The summed E-state index contributed by atoms with van der Waals surface area (Å²) in [7, 11) is 1.61. The van der Waals surface area contributed by atoms with Gasteiger partial charge in [0.2, 0.25) is 5.82 Å². The lowest BCUT2D eigenvalue weighted by Crippen LogP contribution is -2.33. The molecule has 1 saturated heterocycles. The molecule has 120 valence electrons. The first kappa shape index (κ1) is 16.2. The number of imide groups is 1.